The molecule has 1 heterocycles. The predicted octanol–water partition coefficient (Wildman–Crippen LogP) is 1.24. The number of piperidine rings is 1. The van der Waals surface area contributed by atoms with E-state index < -0.39 is 0 Å². The molecule has 5 heteroatoms. The van der Waals surface area contributed by atoms with Gasteiger partial charge in [0, 0.05) is 37.5 Å². The van der Waals surface area contributed by atoms with Crippen molar-refractivity contribution < 1.29 is 14.6 Å². The molecule has 1 aromatic carbocycles. The minimum atomic E-state index is 0.147. The maximum absolute atomic E-state index is 9.12. The average molecular weight is 280 g/mol. The zero-order valence-electron chi connectivity index (χ0n) is 12.2. The van der Waals surface area contributed by atoms with E-state index in [9.17, 15) is 0 Å². The van der Waals surface area contributed by atoms with Gasteiger partial charge in [-0.3, -0.25) is 0 Å². The minimum Gasteiger partial charge on any atom is -0.493 e. The van der Waals surface area contributed by atoms with Crippen LogP contribution in [0.25, 0.3) is 0 Å². The van der Waals surface area contributed by atoms with E-state index in [1.54, 1.807) is 14.2 Å². The van der Waals surface area contributed by atoms with Crippen LogP contribution in [0.5, 0.6) is 11.5 Å². The Morgan fingerprint density at radius 3 is 2.65 bits per heavy atom. The lowest BCUT2D eigenvalue weighted by Crippen LogP contribution is -2.47. The molecule has 2 unspecified atom stereocenters. The lowest BCUT2D eigenvalue weighted by Gasteiger charge is -2.37. The van der Waals surface area contributed by atoms with Gasteiger partial charge in [-0.1, -0.05) is 0 Å². The highest BCUT2D eigenvalue weighted by Gasteiger charge is 2.25. The molecule has 0 spiro atoms. The smallest absolute Gasteiger partial charge is 0.162 e. The summed E-state index contributed by atoms with van der Waals surface area (Å²) in [4.78, 5) is 2.26. The molecular weight excluding hydrogens is 256 g/mol. The van der Waals surface area contributed by atoms with Gasteiger partial charge in [-0.2, -0.15) is 0 Å². The fourth-order valence-electron chi connectivity index (χ4n) is 2.87. The van der Waals surface area contributed by atoms with E-state index in [4.69, 9.17) is 20.3 Å². The number of ether oxygens (including phenoxy) is 2. The van der Waals surface area contributed by atoms with Crippen LogP contribution in [0, 0.1) is 5.92 Å². The Morgan fingerprint density at radius 1 is 1.25 bits per heavy atom. The normalized spacial score (nSPS) is 22.7. The average Bonchev–Trinajstić information content (AvgIpc) is 2.46. The van der Waals surface area contributed by atoms with Crippen molar-refractivity contribution in [3.63, 3.8) is 0 Å². The summed E-state index contributed by atoms with van der Waals surface area (Å²) in [5.74, 6) is 1.89. The number of benzene rings is 1. The molecule has 0 aromatic heterocycles. The number of anilines is 1. The molecule has 0 saturated carbocycles. The number of rotatable bonds is 5. The number of methoxy groups -OCH3 is 2. The number of hydrogen-bond donors (Lipinski definition) is 2. The number of aliphatic hydroxyl groups excluding tert-OH is 1. The summed E-state index contributed by atoms with van der Waals surface area (Å²) in [5.41, 5.74) is 7.21. The molecule has 112 valence electrons. The van der Waals surface area contributed by atoms with Crippen LogP contribution in [-0.4, -0.2) is 45.1 Å². The van der Waals surface area contributed by atoms with Gasteiger partial charge in [0.1, 0.15) is 0 Å². The molecule has 0 bridgehead atoms. The Hall–Kier alpha value is -1.46. The summed E-state index contributed by atoms with van der Waals surface area (Å²) in [5, 5.41) is 9.12. The van der Waals surface area contributed by atoms with E-state index in [2.05, 4.69) is 4.90 Å². The van der Waals surface area contributed by atoms with Crippen LogP contribution in [0.15, 0.2) is 18.2 Å². The van der Waals surface area contributed by atoms with Crippen molar-refractivity contribution in [1.29, 1.82) is 0 Å². The standard InChI is InChI=1S/C15H24N2O3/c1-19-14-4-3-13(8-15(14)20-2)17-9-11(5-6-18)7-12(16)10-17/h3-4,8,11-12,18H,5-7,9-10,16H2,1-2H3. The van der Waals surface area contributed by atoms with Crippen molar-refractivity contribution in [1.82, 2.24) is 0 Å². The molecular formula is C15H24N2O3. The van der Waals surface area contributed by atoms with E-state index in [1.807, 2.05) is 18.2 Å². The fraction of sp³-hybridized carbons (Fsp3) is 0.600. The van der Waals surface area contributed by atoms with Gasteiger partial charge < -0.3 is 25.2 Å². The van der Waals surface area contributed by atoms with Gasteiger partial charge >= 0.3 is 0 Å². The molecule has 1 aliphatic rings. The SMILES string of the molecule is COc1ccc(N2CC(N)CC(CCO)C2)cc1OC. The van der Waals surface area contributed by atoms with Crippen LogP contribution < -0.4 is 20.1 Å². The van der Waals surface area contributed by atoms with Crippen LogP contribution in [0.1, 0.15) is 12.8 Å². The van der Waals surface area contributed by atoms with Crippen molar-refractivity contribution in [2.24, 2.45) is 11.7 Å². The summed E-state index contributed by atoms with van der Waals surface area (Å²) in [6, 6.07) is 6.06. The summed E-state index contributed by atoms with van der Waals surface area (Å²) in [7, 11) is 3.27. The zero-order chi connectivity index (χ0) is 14.5. The maximum atomic E-state index is 9.12. The Bertz CT molecular complexity index is 439. The van der Waals surface area contributed by atoms with Crippen LogP contribution in [0.4, 0.5) is 5.69 Å². The largest absolute Gasteiger partial charge is 0.493 e. The molecule has 5 nitrogen and oxygen atoms in total. The Labute approximate surface area is 120 Å². The van der Waals surface area contributed by atoms with E-state index in [-0.39, 0.29) is 12.6 Å². The van der Waals surface area contributed by atoms with Gasteiger partial charge in [-0.05, 0) is 30.9 Å². The lowest BCUT2D eigenvalue weighted by molar-refractivity contribution is 0.238. The van der Waals surface area contributed by atoms with Crippen molar-refractivity contribution in [2.45, 2.75) is 18.9 Å². The van der Waals surface area contributed by atoms with E-state index in [0.717, 1.165) is 43.1 Å². The van der Waals surface area contributed by atoms with Crippen molar-refractivity contribution in [3.05, 3.63) is 18.2 Å². The number of aliphatic hydroxyl groups is 1. The van der Waals surface area contributed by atoms with E-state index in [1.165, 1.54) is 0 Å². The molecule has 2 atom stereocenters. The molecule has 1 aliphatic heterocycles. The van der Waals surface area contributed by atoms with Crippen LogP contribution in [0.3, 0.4) is 0 Å². The van der Waals surface area contributed by atoms with E-state index >= 15 is 0 Å². The minimum absolute atomic E-state index is 0.147. The van der Waals surface area contributed by atoms with Gasteiger partial charge in [0.2, 0.25) is 0 Å². The molecule has 1 saturated heterocycles. The second kappa shape index (κ2) is 6.81. The quantitative estimate of drug-likeness (QED) is 0.849. The van der Waals surface area contributed by atoms with Gasteiger partial charge in [0.25, 0.3) is 0 Å². The Balaban J connectivity index is 2.17. The highest BCUT2D eigenvalue weighted by Crippen LogP contribution is 2.33. The topological polar surface area (TPSA) is 68.0 Å². The first-order chi connectivity index (χ1) is 9.67. The third-order valence-corrected chi connectivity index (χ3v) is 3.84. The van der Waals surface area contributed by atoms with Crippen molar-refractivity contribution in [2.75, 3.05) is 38.8 Å². The molecule has 0 radical (unpaired) electrons. The first-order valence-electron chi connectivity index (χ1n) is 7.01. The second-order valence-corrected chi connectivity index (χ2v) is 5.32. The van der Waals surface area contributed by atoms with Crippen LogP contribution >= 0.6 is 0 Å². The highest BCUT2D eigenvalue weighted by molar-refractivity contribution is 5.56. The molecule has 20 heavy (non-hydrogen) atoms. The monoisotopic (exact) mass is 280 g/mol. The third kappa shape index (κ3) is 3.35. The number of nitrogens with zero attached hydrogens (tertiary/aromatic N) is 1. The summed E-state index contributed by atoms with van der Waals surface area (Å²) in [6.07, 6.45) is 1.78. The van der Waals surface area contributed by atoms with Crippen molar-refractivity contribution >= 4 is 5.69 Å². The first-order valence-corrected chi connectivity index (χ1v) is 7.01. The molecule has 1 fully saturated rings. The van der Waals surface area contributed by atoms with E-state index in [0.29, 0.717) is 5.92 Å². The fourth-order valence-corrected chi connectivity index (χ4v) is 2.87. The van der Waals surface area contributed by atoms with Gasteiger partial charge in [-0.15, -0.1) is 0 Å². The second-order valence-electron chi connectivity index (χ2n) is 5.32. The lowest BCUT2D eigenvalue weighted by atomic mass is 9.92. The summed E-state index contributed by atoms with van der Waals surface area (Å²) < 4.78 is 10.6. The number of hydrogen-bond acceptors (Lipinski definition) is 5. The van der Waals surface area contributed by atoms with Gasteiger partial charge in [0.05, 0.1) is 14.2 Å². The number of nitrogens with two attached hydrogens (primary N) is 1. The highest BCUT2D eigenvalue weighted by atomic mass is 16.5. The third-order valence-electron chi connectivity index (χ3n) is 3.84. The summed E-state index contributed by atoms with van der Waals surface area (Å²) in [6.45, 7) is 1.97. The van der Waals surface area contributed by atoms with Crippen LogP contribution in [0.2, 0.25) is 0 Å². The molecule has 1 aromatic rings. The molecule has 2 rings (SSSR count). The molecule has 3 N–H and O–H groups in total. The Morgan fingerprint density at radius 2 is 2.00 bits per heavy atom. The van der Waals surface area contributed by atoms with Gasteiger partial charge in [-0.25, -0.2) is 0 Å². The predicted molar refractivity (Wildman–Crippen MR) is 79.5 cm³/mol. The molecule has 0 aliphatic carbocycles. The van der Waals surface area contributed by atoms with Gasteiger partial charge in [0.15, 0.2) is 11.5 Å². The first kappa shape index (κ1) is 14.9. The van der Waals surface area contributed by atoms with Crippen LogP contribution in [-0.2, 0) is 0 Å². The van der Waals surface area contributed by atoms with Crippen molar-refractivity contribution in [3.8, 4) is 11.5 Å². The summed E-state index contributed by atoms with van der Waals surface area (Å²) >= 11 is 0. The zero-order valence-corrected chi connectivity index (χ0v) is 12.2. The molecule has 0 amide bonds. The maximum Gasteiger partial charge on any atom is 0.162 e. The Kier molecular flexibility index (Phi) is 5.09.